The number of piperazine rings is 1. The van der Waals surface area contributed by atoms with Crippen molar-refractivity contribution in [2.75, 3.05) is 26.2 Å². The number of aromatic nitrogens is 3. The van der Waals surface area contributed by atoms with E-state index in [9.17, 15) is 13.2 Å². The topological polar surface area (TPSA) is 88.4 Å². The lowest BCUT2D eigenvalue weighted by Gasteiger charge is -2.34. The zero-order valence-electron chi connectivity index (χ0n) is 18.7. The summed E-state index contributed by atoms with van der Waals surface area (Å²) in [6.45, 7) is 8.66. The molecule has 1 aromatic heterocycles. The zero-order valence-corrected chi connectivity index (χ0v) is 19.6. The van der Waals surface area contributed by atoms with Crippen LogP contribution in [0.2, 0.25) is 0 Å². The SMILES string of the molecule is Cc1cc(C)c(C)c(S(=O)(=O)N2CCN(C(=O)c3cnn(-c4ccccc4)n3)CC2)c1C. The fourth-order valence-corrected chi connectivity index (χ4v) is 6.04. The van der Waals surface area contributed by atoms with Crippen LogP contribution in [-0.4, -0.2) is 64.7 Å². The highest BCUT2D eigenvalue weighted by Crippen LogP contribution is 2.29. The maximum Gasteiger partial charge on any atom is 0.276 e. The van der Waals surface area contributed by atoms with E-state index < -0.39 is 10.0 Å². The Kier molecular flexibility index (Phi) is 5.87. The summed E-state index contributed by atoms with van der Waals surface area (Å²) < 4.78 is 28.4. The summed E-state index contributed by atoms with van der Waals surface area (Å²) in [5, 5.41) is 8.48. The Labute approximate surface area is 188 Å². The van der Waals surface area contributed by atoms with Gasteiger partial charge in [-0.3, -0.25) is 4.79 Å². The van der Waals surface area contributed by atoms with E-state index in [4.69, 9.17) is 0 Å². The summed E-state index contributed by atoms with van der Waals surface area (Å²) in [6, 6.07) is 11.4. The second-order valence-electron chi connectivity index (χ2n) is 8.14. The molecular formula is C23H27N5O3S. The predicted octanol–water partition coefficient (Wildman–Crippen LogP) is 2.65. The molecule has 0 saturated carbocycles. The fraction of sp³-hybridized carbons (Fsp3) is 0.348. The van der Waals surface area contributed by atoms with Gasteiger partial charge in [-0.1, -0.05) is 24.3 Å². The van der Waals surface area contributed by atoms with Crippen molar-refractivity contribution in [3.8, 4) is 5.69 Å². The molecule has 9 heteroatoms. The number of rotatable bonds is 4. The lowest BCUT2D eigenvalue weighted by atomic mass is 10.0. The minimum Gasteiger partial charge on any atom is -0.335 e. The summed E-state index contributed by atoms with van der Waals surface area (Å²) in [7, 11) is -3.65. The first-order chi connectivity index (χ1) is 15.2. The number of para-hydroxylation sites is 1. The number of sulfonamides is 1. The van der Waals surface area contributed by atoms with Gasteiger partial charge in [0, 0.05) is 26.2 Å². The van der Waals surface area contributed by atoms with Gasteiger partial charge in [-0.25, -0.2) is 8.42 Å². The molecule has 0 radical (unpaired) electrons. The molecule has 168 valence electrons. The lowest BCUT2D eigenvalue weighted by molar-refractivity contribution is 0.0691. The van der Waals surface area contributed by atoms with Crippen molar-refractivity contribution in [3.05, 3.63) is 70.5 Å². The molecule has 0 unspecified atom stereocenters. The van der Waals surface area contributed by atoms with Crippen molar-refractivity contribution in [2.45, 2.75) is 32.6 Å². The Morgan fingerprint density at radius 3 is 2.09 bits per heavy atom. The molecule has 2 aromatic carbocycles. The van der Waals surface area contributed by atoms with E-state index in [0.717, 1.165) is 27.9 Å². The average molecular weight is 454 g/mol. The molecule has 0 bridgehead atoms. The minimum absolute atomic E-state index is 0.242. The maximum absolute atomic E-state index is 13.4. The Morgan fingerprint density at radius 2 is 1.50 bits per heavy atom. The molecule has 2 heterocycles. The van der Waals surface area contributed by atoms with Gasteiger partial charge in [0.05, 0.1) is 16.8 Å². The van der Waals surface area contributed by atoms with Gasteiger partial charge >= 0.3 is 0 Å². The lowest BCUT2D eigenvalue weighted by Crippen LogP contribution is -2.50. The van der Waals surface area contributed by atoms with Crippen LogP contribution in [0.5, 0.6) is 0 Å². The molecule has 0 spiro atoms. The van der Waals surface area contributed by atoms with E-state index in [-0.39, 0.29) is 24.7 Å². The first-order valence-corrected chi connectivity index (χ1v) is 12.0. The Hall–Kier alpha value is -3.04. The zero-order chi connectivity index (χ0) is 23.0. The first kappa shape index (κ1) is 22.2. The monoisotopic (exact) mass is 453 g/mol. The predicted molar refractivity (Wildman–Crippen MR) is 121 cm³/mol. The normalized spacial score (nSPS) is 15.2. The average Bonchev–Trinajstić information content (AvgIpc) is 3.28. The van der Waals surface area contributed by atoms with Crippen molar-refractivity contribution in [1.82, 2.24) is 24.2 Å². The van der Waals surface area contributed by atoms with Gasteiger partial charge in [0.2, 0.25) is 10.0 Å². The van der Waals surface area contributed by atoms with Crippen molar-refractivity contribution in [3.63, 3.8) is 0 Å². The van der Waals surface area contributed by atoms with Crippen LogP contribution < -0.4 is 0 Å². The van der Waals surface area contributed by atoms with Crippen molar-refractivity contribution < 1.29 is 13.2 Å². The van der Waals surface area contributed by atoms with Gasteiger partial charge in [-0.05, 0) is 62.1 Å². The number of nitrogens with zero attached hydrogens (tertiary/aromatic N) is 5. The van der Waals surface area contributed by atoms with E-state index in [0.29, 0.717) is 18.0 Å². The second kappa shape index (κ2) is 8.48. The summed E-state index contributed by atoms with van der Waals surface area (Å²) >= 11 is 0. The number of amides is 1. The molecule has 1 fully saturated rings. The van der Waals surface area contributed by atoms with Crippen LogP contribution in [0, 0.1) is 27.7 Å². The molecular weight excluding hydrogens is 426 g/mol. The van der Waals surface area contributed by atoms with Crippen LogP contribution in [0.4, 0.5) is 0 Å². The molecule has 4 rings (SSSR count). The second-order valence-corrected chi connectivity index (χ2v) is 10.0. The Balaban J connectivity index is 1.49. The summed E-state index contributed by atoms with van der Waals surface area (Å²) in [4.78, 5) is 16.3. The number of carbonyl (C=O) groups excluding carboxylic acids is 1. The van der Waals surface area contributed by atoms with Crippen molar-refractivity contribution >= 4 is 15.9 Å². The van der Waals surface area contributed by atoms with E-state index in [1.165, 1.54) is 15.3 Å². The molecule has 32 heavy (non-hydrogen) atoms. The Bertz CT molecular complexity index is 1230. The summed E-state index contributed by atoms with van der Waals surface area (Å²) in [5.74, 6) is -0.247. The van der Waals surface area contributed by atoms with Crippen LogP contribution in [0.25, 0.3) is 5.69 Å². The fourth-order valence-electron chi connectivity index (χ4n) is 4.04. The quantitative estimate of drug-likeness (QED) is 0.606. The standard InChI is InChI=1S/C23H27N5O3S/c1-16-14-17(2)19(4)22(18(16)3)32(30,31)27-12-10-26(11-13-27)23(29)21-15-24-28(25-21)20-8-6-5-7-9-20/h5-9,14-15H,10-13H2,1-4H3. The van der Waals surface area contributed by atoms with Crippen molar-refractivity contribution in [2.24, 2.45) is 0 Å². The van der Waals surface area contributed by atoms with Gasteiger partial charge in [0.25, 0.3) is 5.91 Å². The first-order valence-electron chi connectivity index (χ1n) is 10.5. The Morgan fingerprint density at radius 1 is 0.906 bits per heavy atom. The molecule has 1 aliphatic heterocycles. The number of hydrogen-bond acceptors (Lipinski definition) is 5. The van der Waals surface area contributed by atoms with E-state index in [2.05, 4.69) is 10.2 Å². The highest BCUT2D eigenvalue weighted by Gasteiger charge is 2.33. The minimum atomic E-state index is -3.65. The van der Waals surface area contributed by atoms with Gasteiger partial charge < -0.3 is 4.90 Å². The molecule has 0 N–H and O–H groups in total. The van der Waals surface area contributed by atoms with E-state index in [1.54, 1.807) is 4.90 Å². The molecule has 0 aliphatic carbocycles. The molecule has 0 atom stereocenters. The van der Waals surface area contributed by atoms with Gasteiger partial charge in [0.15, 0.2) is 5.69 Å². The molecule has 1 aliphatic rings. The van der Waals surface area contributed by atoms with Crippen LogP contribution in [-0.2, 0) is 10.0 Å². The van der Waals surface area contributed by atoms with Crippen LogP contribution in [0.3, 0.4) is 0 Å². The highest BCUT2D eigenvalue weighted by atomic mass is 32.2. The number of aryl methyl sites for hydroxylation is 2. The van der Waals surface area contributed by atoms with Crippen LogP contribution >= 0.6 is 0 Å². The van der Waals surface area contributed by atoms with Crippen molar-refractivity contribution in [1.29, 1.82) is 0 Å². The van der Waals surface area contributed by atoms with E-state index in [1.807, 2.05) is 64.1 Å². The molecule has 3 aromatic rings. The number of hydrogen-bond donors (Lipinski definition) is 0. The van der Waals surface area contributed by atoms with Crippen LogP contribution in [0.1, 0.15) is 32.7 Å². The molecule has 1 amide bonds. The largest absolute Gasteiger partial charge is 0.335 e. The van der Waals surface area contributed by atoms with Gasteiger partial charge in [-0.2, -0.15) is 14.2 Å². The number of benzene rings is 2. The summed E-state index contributed by atoms with van der Waals surface area (Å²) in [5.41, 5.74) is 4.49. The van der Waals surface area contributed by atoms with Gasteiger partial charge in [-0.15, -0.1) is 5.10 Å². The third-order valence-corrected chi connectivity index (χ3v) is 8.29. The van der Waals surface area contributed by atoms with Crippen LogP contribution in [0.15, 0.2) is 47.5 Å². The summed E-state index contributed by atoms with van der Waals surface area (Å²) in [6.07, 6.45) is 1.45. The molecule has 8 nitrogen and oxygen atoms in total. The number of carbonyl (C=O) groups is 1. The maximum atomic E-state index is 13.4. The smallest absolute Gasteiger partial charge is 0.276 e. The third kappa shape index (κ3) is 3.93. The third-order valence-electron chi connectivity index (χ3n) is 6.12. The van der Waals surface area contributed by atoms with Gasteiger partial charge in [0.1, 0.15) is 0 Å². The van der Waals surface area contributed by atoms with E-state index >= 15 is 0 Å². The molecule has 1 saturated heterocycles. The highest BCUT2D eigenvalue weighted by molar-refractivity contribution is 7.89.